The van der Waals surface area contributed by atoms with Gasteiger partial charge in [0.25, 0.3) is 5.91 Å². The van der Waals surface area contributed by atoms with Crippen LogP contribution in [0, 0.1) is 0 Å². The van der Waals surface area contributed by atoms with Crippen molar-refractivity contribution in [3.05, 3.63) is 29.6 Å². The summed E-state index contributed by atoms with van der Waals surface area (Å²) < 4.78 is 5.17. The Kier molecular flexibility index (Phi) is 2.79. The maximum Gasteiger partial charge on any atom is 0.321 e. The number of rotatable bonds is 2. The molecule has 106 valence electrons. The second kappa shape index (κ2) is 4.28. The molecule has 0 unspecified atom stereocenters. The van der Waals surface area contributed by atoms with Crippen molar-refractivity contribution in [2.75, 3.05) is 6.61 Å². The summed E-state index contributed by atoms with van der Waals surface area (Å²) in [5.74, 6) is -0.898. The Bertz CT molecular complexity index is 588. The zero-order valence-electron chi connectivity index (χ0n) is 11.2. The number of pyridine rings is 1. The van der Waals surface area contributed by atoms with Crippen LogP contribution >= 0.6 is 0 Å². The molecule has 6 heteroatoms. The fraction of sp³-hybridized carbons (Fsp3) is 0.500. The van der Waals surface area contributed by atoms with Gasteiger partial charge in [0.1, 0.15) is 5.41 Å². The van der Waals surface area contributed by atoms with Gasteiger partial charge in [0.2, 0.25) is 0 Å². The molecule has 2 aliphatic rings. The first kappa shape index (κ1) is 13.1. The van der Waals surface area contributed by atoms with Gasteiger partial charge < -0.3 is 15.2 Å². The van der Waals surface area contributed by atoms with Gasteiger partial charge in [-0.2, -0.15) is 0 Å². The Labute approximate surface area is 116 Å². The molecule has 1 aromatic heterocycles. The SMILES string of the molecule is CCOC(=O)[C@]12CCC[C@]1(O)NC(=O)c1cnccc12. The molecule has 2 heterocycles. The number of hydrogen-bond donors (Lipinski definition) is 2. The number of aliphatic hydroxyl groups is 1. The number of nitrogens with zero attached hydrogens (tertiary/aromatic N) is 1. The van der Waals surface area contributed by atoms with E-state index >= 15 is 0 Å². The van der Waals surface area contributed by atoms with Gasteiger partial charge in [0.05, 0.1) is 12.2 Å². The third-order valence-corrected chi connectivity index (χ3v) is 4.27. The summed E-state index contributed by atoms with van der Waals surface area (Å²) in [5, 5.41) is 13.4. The molecule has 0 radical (unpaired) electrons. The predicted octanol–water partition coefficient (Wildman–Crippen LogP) is 0.498. The highest BCUT2D eigenvalue weighted by Gasteiger charge is 2.65. The van der Waals surface area contributed by atoms with Crippen LogP contribution < -0.4 is 5.32 Å². The van der Waals surface area contributed by atoms with E-state index in [1.54, 1.807) is 13.0 Å². The van der Waals surface area contributed by atoms with Crippen LogP contribution in [0.15, 0.2) is 18.5 Å². The first-order valence-electron chi connectivity index (χ1n) is 6.72. The third-order valence-electron chi connectivity index (χ3n) is 4.27. The number of carbonyl (C=O) groups excluding carboxylic acids is 2. The van der Waals surface area contributed by atoms with Gasteiger partial charge in [-0.1, -0.05) is 0 Å². The van der Waals surface area contributed by atoms with Crippen LogP contribution in [0.1, 0.15) is 42.1 Å². The Morgan fingerprint density at radius 2 is 2.35 bits per heavy atom. The minimum Gasteiger partial charge on any atom is -0.465 e. The zero-order valence-corrected chi connectivity index (χ0v) is 11.2. The van der Waals surface area contributed by atoms with Crippen molar-refractivity contribution in [1.29, 1.82) is 0 Å². The van der Waals surface area contributed by atoms with Gasteiger partial charge in [0, 0.05) is 12.4 Å². The molecule has 1 aliphatic heterocycles. The van der Waals surface area contributed by atoms with Crippen molar-refractivity contribution >= 4 is 11.9 Å². The van der Waals surface area contributed by atoms with Crippen molar-refractivity contribution in [3.63, 3.8) is 0 Å². The third kappa shape index (κ3) is 1.45. The van der Waals surface area contributed by atoms with Gasteiger partial charge in [0.15, 0.2) is 5.72 Å². The van der Waals surface area contributed by atoms with E-state index in [2.05, 4.69) is 10.3 Å². The number of fused-ring (bicyclic) bond motifs is 3. The topological polar surface area (TPSA) is 88.5 Å². The number of amides is 1. The van der Waals surface area contributed by atoms with Gasteiger partial charge in [-0.15, -0.1) is 0 Å². The molecule has 2 atom stereocenters. The van der Waals surface area contributed by atoms with Crippen molar-refractivity contribution in [1.82, 2.24) is 10.3 Å². The Morgan fingerprint density at radius 3 is 3.10 bits per heavy atom. The smallest absolute Gasteiger partial charge is 0.321 e. The molecule has 20 heavy (non-hydrogen) atoms. The highest BCUT2D eigenvalue weighted by Crippen LogP contribution is 2.51. The molecule has 0 aromatic carbocycles. The van der Waals surface area contributed by atoms with E-state index in [0.29, 0.717) is 30.4 Å². The first-order valence-corrected chi connectivity index (χ1v) is 6.72. The van der Waals surface area contributed by atoms with E-state index in [-0.39, 0.29) is 6.61 Å². The zero-order chi connectivity index (χ0) is 14.4. The van der Waals surface area contributed by atoms with Crippen LogP contribution in [0.5, 0.6) is 0 Å². The minimum atomic E-state index is -1.58. The van der Waals surface area contributed by atoms with Crippen LogP contribution in [0.2, 0.25) is 0 Å². The summed E-state index contributed by atoms with van der Waals surface area (Å²) in [7, 11) is 0. The lowest BCUT2D eigenvalue weighted by Gasteiger charge is -2.44. The number of nitrogens with one attached hydrogen (secondary N) is 1. The molecule has 1 saturated carbocycles. The maximum atomic E-state index is 12.5. The van der Waals surface area contributed by atoms with E-state index < -0.39 is 23.0 Å². The second-order valence-corrected chi connectivity index (χ2v) is 5.22. The second-order valence-electron chi connectivity index (χ2n) is 5.22. The number of carbonyl (C=O) groups is 2. The molecular formula is C14H16N2O4. The van der Waals surface area contributed by atoms with Crippen LogP contribution in [0.25, 0.3) is 0 Å². The molecule has 1 fully saturated rings. The average molecular weight is 276 g/mol. The fourth-order valence-electron chi connectivity index (χ4n) is 3.39. The van der Waals surface area contributed by atoms with Crippen LogP contribution in [0.3, 0.4) is 0 Å². The molecule has 0 bridgehead atoms. The number of hydrogen-bond acceptors (Lipinski definition) is 5. The lowest BCUT2D eigenvalue weighted by atomic mass is 9.69. The summed E-state index contributed by atoms with van der Waals surface area (Å²) in [5.41, 5.74) is -1.97. The number of ether oxygens (including phenoxy) is 1. The molecule has 1 amide bonds. The van der Waals surface area contributed by atoms with Gasteiger partial charge in [-0.25, -0.2) is 0 Å². The summed E-state index contributed by atoms with van der Waals surface area (Å²) in [6.07, 6.45) is 4.36. The number of esters is 1. The van der Waals surface area contributed by atoms with Gasteiger partial charge >= 0.3 is 5.97 Å². The Morgan fingerprint density at radius 1 is 1.55 bits per heavy atom. The fourth-order valence-corrected chi connectivity index (χ4v) is 3.39. The van der Waals surface area contributed by atoms with Crippen LogP contribution in [0.4, 0.5) is 0 Å². The summed E-state index contributed by atoms with van der Waals surface area (Å²) in [6.45, 7) is 1.95. The van der Waals surface area contributed by atoms with E-state index in [9.17, 15) is 14.7 Å². The highest BCUT2D eigenvalue weighted by atomic mass is 16.5. The largest absolute Gasteiger partial charge is 0.465 e. The van der Waals surface area contributed by atoms with Crippen molar-refractivity contribution in [3.8, 4) is 0 Å². The van der Waals surface area contributed by atoms with Crippen LogP contribution in [-0.4, -0.2) is 34.3 Å². The highest BCUT2D eigenvalue weighted by molar-refractivity contribution is 6.02. The van der Waals surface area contributed by atoms with E-state index in [4.69, 9.17) is 4.74 Å². The lowest BCUT2D eigenvalue weighted by molar-refractivity contribution is -0.162. The van der Waals surface area contributed by atoms with E-state index in [0.717, 1.165) is 0 Å². The lowest BCUT2D eigenvalue weighted by Crippen LogP contribution is -2.66. The molecular weight excluding hydrogens is 260 g/mol. The molecule has 6 nitrogen and oxygen atoms in total. The van der Waals surface area contributed by atoms with Crippen LogP contribution in [-0.2, 0) is 14.9 Å². The average Bonchev–Trinajstić information content (AvgIpc) is 2.77. The molecule has 0 saturated heterocycles. The van der Waals surface area contributed by atoms with Gasteiger partial charge in [-0.05, 0) is 37.8 Å². The molecule has 1 aliphatic carbocycles. The molecule has 0 spiro atoms. The standard InChI is InChI=1S/C14H16N2O4/c1-2-20-12(18)13-5-3-6-14(13,19)16-11(17)9-8-15-7-4-10(9)13/h4,7-8,19H,2-3,5-6H2,1H3,(H,16,17)/t13-,14-/m1/s1. The predicted molar refractivity (Wildman–Crippen MR) is 68.8 cm³/mol. The van der Waals surface area contributed by atoms with E-state index in [1.807, 2.05) is 0 Å². The van der Waals surface area contributed by atoms with Crippen molar-refractivity contribution in [2.24, 2.45) is 0 Å². The summed E-state index contributed by atoms with van der Waals surface area (Å²) in [6, 6.07) is 1.63. The van der Waals surface area contributed by atoms with Crippen molar-refractivity contribution < 1.29 is 19.4 Å². The molecule has 3 rings (SSSR count). The Hall–Kier alpha value is -1.95. The summed E-state index contributed by atoms with van der Waals surface area (Å²) >= 11 is 0. The first-order chi connectivity index (χ1) is 9.55. The molecule has 2 N–H and O–H groups in total. The van der Waals surface area contributed by atoms with Gasteiger partial charge in [-0.3, -0.25) is 14.6 Å². The quantitative estimate of drug-likeness (QED) is 0.768. The molecule has 1 aromatic rings. The monoisotopic (exact) mass is 276 g/mol. The Balaban J connectivity index is 2.24. The van der Waals surface area contributed by atoms with E-state index in [1.165, 1.54) is 12.4 Å². The number of aromatic nitrogens is 1. The summed E-state index contributed by atoms with van der Waals surface area (Å²) in [4.78, 5) is 28.5. The minimum absolute atomic E-state index is 0.227. The normalized spacial score (nSPS) is 31.2. The maximum absolute atomic E-state index is 12.5. The van der Waals surface area contributed by atoms with Crippen molar-refractivity contribution in [2.45, 2.75) is 37.3 Å².